The molecular formula is C19H17FN4O4S2. The maximum Gasteiger partial charge on any atom is 0.261 e. The Morgan fingerprint density at radius 2 is 1.83 bits per heavy atom. The molecule has 30 heavy (non-hydrogen) atoms. The van der Waals surface area contributed by atoms with E-state index in [2.05, 4.69) is 20.8 Å². The number of thioether (sulfide) groups is 1. The minimum atomic E-state index is -0.424. The number of halogens is 1. The van der Waals surface area contributed by atoms with Gasteiger partial charge in [-0.25, -0.2) is 4.39 Å². The molecule has 0 bridgehead atoms. The van der Waals surface area contributed by atoms with E-state index in [1.165, 1.54) is 50.2 Å². The quantitative estimate of drug-likeness (QED) is 0.400. The molecule has 0 aliphatic heterocycles. The first-order chi connectivity index (χ1) is 14.5. The summed E-state index contributed by atoms with van der Waals surface area (Å²) in [7, 11) is 2.94. The van der Waals surface area contributed by atoms with Gasteiger partial charge in [-0.05, 0) is 36.4 Å². The molecule has 3 rings (SSSR count). The lowest BCUT2D eigenvalue weighted by Gasteiger charge is -2.11. The van der Waals surface area contributed by atoms with E-state index in [1.807, 2.05) is 0 Å². The summed E-state index contributed by atoms with van der Waals surface area (Å²) >= 11 is 2.31. The van der Waals surface area contributed by atoms with Crippen LogP contribution in [0.15, 0.2) is 46.8 Å². The van der Waals surface area contributed by atoms with Gasteiger partial charge >= 0.3 is 0 Å². The van der Waals surface area contributed by atoms with Gasteiger partial charge in [0.25, 0.3) is 5.91 Å². The van der Waals surface area contributed by atoms with Crippen molar-refractivity contribution in [3.8, 4) is 11.5 Å². The minimum Gasteiger partial charge on any atom is -0.493 e. The number of methoxy groups -OCH3 is 2. The van der Waals surface area contributed by atoms with Crippen molar-refractivity contribution in [2.45, 2.75) is 4.34 Å². The SMILES string of the molecule is COc1cccc(C(=O)Nc2nnc(SCC(=O)Nc3ccc(F)cc3)s2)c1OC. The second kappa shape index (κ2) is 10.0. The Morgan fingerprint density at radius 1 is 1.07 bits per heavy atom. The molecule has 11 heteroatoms. The fourth-order valence-corrected chi connectivity index (χ4v) is 3.95. The molecule has 0 radical (unpaired) electrons. The molecule has 0 fully saturated rings. The Balaban J connectivity index is 1.57. The number of aromatic nitrogens is 2. The zero-order chi connectivity index (χ0) is 21.5. The van der Waals surface area contributed by atoms with Crippen LogP contribution in [0, 0.1) is 5.82 Å². The zero-order valence-corrected chi connectivity index (χ0v) is 17.6. The third kappa shape index (κ3) is 5.45. The van der Waals surface area contributed by atoms with Crippen molar-refractivity contribution in [2.75, 3.05) is 30.6 Å². The summed E-state index contributed by atoms with van der Waals surface area (Å²) in [4.78, 5) is 24.6. The lowest BCUT2D eigenvalue weighted by molar-refractivity contribution is -0.113. The van der Waals surface area contributed by atoms with Crippen LogP contribution in [0.25, 0.3) is 0 Å². The molecule has 3 aromatic rings. The first kappa shape index (κ1) is 21.5. The fraction of sp³-hybridized carbons (Fsp3) is 0.158. The third-order valence-electron chi connectivity index (χ3n) is 3.73. The van der Waals surface area contributed by atoms with Gasteiger partial charge in [-0.3, -0.25) is 14.9 Å². The smallest absolute Gasteiger partial charge is 0.261 e. The first-order valence-corrected chi connectivity index (χ1v) is 10.3. The zero-order valence-electron chi connectivity index (χ0n) is 16.0. The summed E-state index contributed by atoms with van der Waals surface area (Å²) in [5.74, 6) is -0.234. The molecule has 0 unspecified atom stereocenters. The van der Waals surface area contributed by atoms with Crippen molar-refractivity contribution in [2.24, 2.45) is 0 Å². The molecule has 2 N–H and O–H groups in total. The average molecular weight is 449 g/mol. The van der Waals surface area contributed by atoms with Crippen LogP contribution in [-0.4, -0.2) is 42.0 Å². The van der Waals surface area contributed by atoms with Crippen LogP contribution in [0.1, 0.15) is 10.4 Å². The molecule has 0 atom stereocenters. The highest BCUT2D eigenvalue weighted by molar-refractivity contribution is 8.01. The van der Waals surface area contributed by atoms with E-state index >= 15 is 0 Å². The van der Waals surface area contributed by atoms with Crippen LogP contribution in [0.2, 0.25) is 0 Å². The lowest BCUT2D eigenvalue weighted by atomic mass is 10.1. The van der Waals surface area contributed by atoms with Gasteiger partial charge in [0, 0.05) is 5.69 Å². The van der Waals surface area contributed by atoms with Crippen LogP contribution >= 0.6 is 23.1 Å². The van der Waals surface area contributed by atoms with Crippen LogP contribution in [-0.2, 0) is 4.79 Å². The van der Waals surface area contributed by atoms with Crippen LogP contribution in [0.5, 0.6) is 11.5 Å². The van der Waals surface area contributed by atoms with Gasteiger partial charge in [0.1, 0.15) is 5.82 Å². The van der Waals surface area contributed by atoms with Crippen molar-refractivity contribution >= 4 is 45.7 Å². The largest absolute Gasteiger partial charge is 0.493 e. The Morgan fingerprint density at radius 3 is 2.53 bits per heavy atom. The first-order valence-electron chi connectivity index (χ1n) is 8.54. The summed E-state index contributed by atoms with van der Waals surface area (Å²) in [6.07, 6.45) is 0. The van der Waals surface area contributed by atoms with Crippen molar-refractivity contribution in [1.29, 1.82) is 0 Å². The molecule has 1 aromatic heterocycles. The Kier molecular flexibility index (Phi) is 7.20. The summed E-state index contributed by atoms with van der Waals surface area (Å²) in [6, 6.07) is 10.4. The molecule has 2 amide bonds. The molecule has 0 saturated carbocycles. The highest BCUT2D eigenvalue weighted by Gasteiger charge is 2.18. The van der Waals surface area contributed by atoms with E-state index in [4.69, 9.17) is 9.47 Å². The van der Waals surface area contributed by atoms with E-state index in [0.717, 1.165) is 11.3 Å². The topological polar surface area (TPSA) is 102 Å². The Hall–Kier alpha value is -3.18. The van der Waals surface area contributed by atoms with E-state index in [0.29, 0.717) is 27.1 Å². The molecule has 8 nitrogen and oxygen atoms in total. The van der Waals surface area contributed by atoms with E-state index < -0.39 is 5.91 Å². The fourth-order valence-electron chi connectivity index (χ4n) is 2.41. The second-order valence-electron chi connectivity index (χ2n) is 5.71. The summed E-state index contributed by atoms with van der Waals surface area (Å²) in [6.45, 7) is 0. The summed E-state index contributed by atoms with van der Waals surface area (Å²) in [5, 5.41) is 13.5. The number of para-hydroxylation sites is 1. The summed E-state index contributed by atoms with van der Waals surface area (Å²) < 4.78 is 23.9. The van der Waals surface area contributed by atoms with Gasteiger partial charge in [-0.15, -0.1) is 10.2 Å². The number of nitrogens with zero attached hydrogens (tertiary/aromatic N) is 2. The molecule has 0 saturated heterocycles. The number of rotatable bonds is 8. The van der Waals surface area contributed by atoms with E-state index in [-0.39, 0.29) is 22.6 Å². The van der Waals surface area contributed by atoms with Gasteiger partial charge in [-0.2, -0.15) is 0 Å². The predicted octanol–water partition coefficient (Wildman–Crippen LogP) is 3.68. The molecular weight excluding hydrogens is 431 g/mol. The lowest BCUT2D eigenvalue weighted by Crippen LogP contribution is -2.13. The number of nitrogens with one attached hydrogen (secondary N) is 2. The van der Waals surface area contributed by atoms with Gasteiger partial charge in [0.2, 0.25) is 11.0 Å². The highest BCUT2D eigenvalue weighted by atomic mass is 32.2. The normalized spacial score (nSPS) is 10.4. The number of anilines is 2. The van der Waals surface area contributed by atoms with Crippen molar-refractivity contribution < 1.29 is 23.5 Å². The number of amides is 2. The number of carbonyl (C=O) groups excluding carboxylic acids is 2. The van der Waals surface area contributed by atoms with Gasteiger partial charge in [-0.1, -0.05) is 29.2 Å². The number of ether oxygens (including phenoxy) is 2. The van der Waals surface area contributed by atoms with Crippen LogP contribution in [0.3, 0.4) is 0 Å². The third-order valence-corrected chi connectivity index (χ3v) is 5.70. The Labute approximate surface area is 179 Å². The van der Waals surface area contributed by atoms with Crippen molar-refractivity contribution in [3.05, 3.63) is 53.8 Å². The number of hydrogen-bond donors (Lipinski definition) is 2. The molecule has 1 heterocycles. The monoisotopic (exact) mass is 448 g/mol. The molecule has 156 valence electrons. The molecule has 0 aliphatic rings. The number of carbonyl (C=O) groups is 2. The number of benzene rings is 2. The second-order valence-corrected chi connectivity index (χ2v) is 7.91. The summed E-state index contributed by atoms with van der Waals surface area (Å²) in [5.41, 5.74) is 0.791. The van der Waals surface area contributed by atoms with Crippen LogP contribution in [0.4, 0.5) is 15.2 Å². The maximum atomic E-state index is 12.9. The molecule has 0 aliphatic carbocycles. The van der Waals surface area contributed by atoms with Gasteiger partial charge in [0.05, 0.1) is 25.5 Å². The molecule has 0 spiro atoms. The Bertz CT molecular complexity index is 1040. The predicted molar refractivity (Wildman–Crippen MR) is 113 cm³/mol. The standard InChI is InChI=1S/C19H17FN4O4S2/c1-27-14-5-3-4-13(16(14)28-2)17(26)22-18-23-24-19(30-18)29-10-15(25)21-12-8-6-11(20)7-9-12/h3-9H,10H2,1-2H3,(H,21,25)(H,22,23,26). The van der Waals surface area contributed by atoms with E-state index in [1.54, 1.807) is 18.2 Å². The average Bonchev–Trinajstić information content (AvgIpc) is 3.20. The maximum absolute atomic E-state index is 12.9. The number of hydrogen-bond acceptors (Lipinski definition) is 8. The van der Waals surface area contributed by atoms with Gasteiger partial charge in [0.15, 0.2) is 15.8 Å². The minimum absolute atomic E-state index is 0.0870. The highest BCUT2D eigenvalue weighted by Crippen LogP contribution is 2.32. The van der Waals surface area contributed by atoms with Crippen LogP contribution < -0.4 is 20.1 Å². The van der Waals surface area contributed by atoms with Crippen molar-refractivity contribution in [3.63, 3.8) is 0 Å². The molecule has 2 aromatic carbocycles. The van der Waals surface area contributed by atoms with Crippen molar-refractivity contribution in [1.82, 2.24) is 10.2 Å². The van der Waals surface area contributed by atoms with E-state index in [9.17, 15) is 14.0 Å². The van der Waals surface area contributed by atoms with Gasteiger partial charge < -0.3 is 14.8 Å².